The molecule has 0 saturated heterocycles. The van der Waals surface area contributed by atoms with E-state index in [1.165, 1.54) is 101 Å². The van der Waals surface area contributed by atoms with E-state index in [1.807, 2.05) is 0 Å². The van der Waals surface area contributed by atoms with Gasteiger partial charge in [-0.3, -0.25) is 0 Å². The largest absolute Gasteiger partial charge is 0.311 e. The number of aryl methyl sites for hydroxylation is 2. The zero-order valence-electron chi connectivity index (χ0n) is 44.4. The Balaban J connectivity index is 1.31. The average Bonchev–Trinajstić information content (AvgIpc) is 3.63. The number of hydrogen-bond donors (Lipinski definition) is 0. The maximum Gasteiger partial charge on any atom is 0.252 e. The predicted octanol–water partition coefficient (Wildman–Crippen LogP) is 16.5. The van der Waals surface area contributed by atoms with Crippen LogP contribution < -0.4 is 31.1 Å². The molecule has 0 aromatic heterocycles. The Morgan fingerprint density at radius 1 is 0.437 bits per heavy atom. The molecular formula is C67H70BN3. The van der Waals surface area contributed by atoms with E-state index in [9.17, 15) is 0 Å². The molecule has 2 aliphatic heterocycles. The smallest absolute Gasteiger partial charge is 0.252 e. The summed E-state index contributed by atoms with van der Waals surface area (Å²) in [6.45, 7) is 30.3. The number of benzene rings is 8. The predicted molar refractivity (Wildman–Crippen MR) is 307 cm³/mol. The van der Waals surface area contributed by atoms with Crippen molar-refractivity contribution in [3.8, 4) is 11.1 Å². The minimum atomic E-state index is -0.0599. The van der Waals surface area contributed by atoms with Crippen molar-refractivity contribution in [1.82, 2.24) is 0 Å². The summed E-state index contributed by atoms with van der Waals surface area (Å²) in [7, 11) is 0. The molecule has 0 amide bonds. The Hall–Kier alpha value is -6.78. The third-order valence-electron chi connectivity index (χ3n) is 15.6. The molecule has 356 valence electrons. The molecule has 0 fully saturated rings. The van der Waals surface area contributed by atoms with Crippen molar-refractivity contribution >= 4 is 74.3 Å². The topological polar surface area (TPSA) is 9.72 Å². The van der Waals surface area contributed by atoms with Crippen molar-refractivity contribution in [2.75, 3.05) is 14.7 Å². The lowest BCUT2D eigenvalue weighted by molar-refractivity contribution is 0.392. The van der Waals surface area contributed by atoms with Gasteiger partial charge in [-0.1, -0.05) is 178 Å². The summed E-state index contributed by atoms with van der Waals surface area (Å²) in [4.78, 5) is 7.78. The summed E-state index contributed by atoms with van der Waals surface area (Å²) in [6.07, 6.45) is 2.12. The monoisotopic (exact) mass is 928 g/mol. The molecule has 0 spiro atoms. The number of hydrogen-bond acceptors (Lipinski definition) is 3. The van der Waals surface area contributed by atoms with Crippen LogP contribution in [0.15, 0.2) is 164 Å². The molecular weight excluding hydrogens is 858 g/mol. The highest BCUT2D eigenvalue weighted by atomic mass is 15.2. The van der Waals surface area contributed by atoms with E-state index in [0.29, 0.717) is 0 Å². The molecule has 71 heavy (non-hydrogen) atoms. The van der Waals surface area contributed by atoms with Gasteiger partial charge in [0.2, 0.25) is 0 Å². The van der Waals surface area contributed by atoms with E-state index in [-0.39, 0.29) is 28.4 Å². The van der Waals surface area contributed by atoms with Crippen LogP contribution in [0.3, 0.4) is 0 Å². The first-order valence-electron chi connectivity index (χ1n) is 26.0. The van der Waals surface area contributed by atoms with Crippen LogP contribution in [-0.2, 0) is 29.1 Å². The van der Waals surface area contributed by atoms with Gasteiger partial charge in [0.05, 0.1) is 11.4 Å². The molecule has 0 radical (unpaired) electrons. The molecule has 3 aliphatic rings. The van der Waals surface area contributed by atoms with E-state index in [4.69, 9.17) is 0 Å². The van der Waals surface area contributed by atoms with Crippen LogP contribution in [0.4, 0.5) is 51.2 Å². The fourth-order valence-electron chi connectivity index (χ4n) is 11.7. The number of nitrogens with zero attached hydrogens (tertiary/aromatic N) is 3. The van der Waals surface area contributed by atoms with Crippen molar-refractivity contribution in [3.63, 3.8) is 0 Å². The van der Waals surface area contributed by atoms with Crippen LogP contribution in [0.25, 0.3) is 11.1 Å². The molecule has 0 bridgehead atoms. The minimum Gasteiger partial charge on any atom is -0.311 e. The summed E-state index contributed by atoms with van der Waals surface area (Å²) in [5.41, 5.74) is 26.6. The van der Waals surface area contributed by atoms with Gasteiger partial charge in [-0.25, -0.2) is 0 Å². The zero-order valence-corrected chi connectivity index (χ0v) is 44.4. The quantitative estimate of drug-likeness (QED) is 0.154. The fraction of sp³-hybridized carbons (Fsp3) is 0.284. The Bertz CT molecular complexity index is 3310. The van der Waals surface area contributed by atoms with Gasteiger partial charge in [0.15, 0.2) is 0 Å². The van der Waals surface area contributed by atoms with Crippen molar-refractivity contribution in [1.29, 1.82) is 0 Å². The molecule has 2 heterocycles. The van der Waals surface area contributed by atoms with Crippen LogP contribution in [0.1, 0.15) is 115 Å². The molecule has 0 N–H and O–H groups in total. The van der Waals surface area contributed by atoms with E-state index < -0.39 is 0 Å². The summed E-state index contributed by atoms with van der Waals surface area (Å²) in [5, 5.41) is 0. The molecule has 3 nitrogen and oxygen atoms in total. The molecule has 11 rings (SSSR count). The maximum atomic E-state index is 2.68. The van der Waals surface area contributed by atoms with Gasteiger partial charge >= 0.3 is 0 Å². The average molecular weight is 928 g/mol. The number of rotatable bonds is 6. The first-order chi connectivity index (χ1) is 33.6. The first kappa shape index (κ1) is 46.6. The first-order valence-corrected chi connectivity index (χ1v) is 26.0. The highest BCUT2D eigenvalue weighted by Gasteiger charge is 2.46. The molecule has 8 aromatic carbocycles. The molecule has 1 aliphatic carbocycles. The van der Waals surface area contributed by atoms with Gasteiger partial charge in [-0.15, -0.1) is 0 Å². The summed E-state index contributed by atoms with van der Waals surface area (Å²) in [5.74, 6) is 0. The van der Waals surface area contributed by atoms with E-state index in [0.717, 1.165) is 29.9 Å². The van der Waals surface area contributed by atoms with Gasteiger partial charge in [-0.05, 0) is 171 Å². The SMILES string of the molecule is Cc1ccc(N(c2ccc(C)cc2)c2cc3c4c(c2)N(c2ccc(C(C)(C)C)cc2-c2ccccc2)c2cc5c(cc2B4c2ccc(C(C)(C)C)cc2N3c2cccc(C(C)(C)C)c2)CC(C)(C)C5)cc1. The second-order valence-corrected chi connectivity index (χ2v) is 24.9. The van der Waals surface area contributed by atoms with Gasteiger partial charge in [0, 0.05) is 45.4 Å². The summed E-state index contributed by atoms with van der Waals surface area (Å²) in [6, 6.07) is 63.6. The highest BCUT2D eigenvalue weighted by Crippen LogP contribution is 2.52. The lowest BCUT2D eigenvalue weighted by atomic mass is 9.33. The summed E-state index contributed by atoms with van der Waals surface area (Å²) >= 11 is 0. The molecule has 0 unspecified atom stereocenters. The van der Waals surface area contributed by atoms with E-state index in [1.54, 1.807) is 0 Å². The second-order valence-electron chi connectivity index (χ2n) is 24.9. The summed E-state index contributed by atoms with van der Waals surface area (Å²) < 4.78 is 0. The van der Waals surface area contributed by atoms with Crippen molar-refractivity contribution < 1.29 is 0 Å². The maximum absolute atomic E-state index is 2.68. The van der Waals surface area contributed by atoms with Crippen LogP contribution in [0, 0.1) is 19.3 Å². The molecule has 4 heteroatoms. The highest BCUT2D eigenvalue weighted by molar-refractivity contribution is 7.00. The third kappa shape index (κ3) is 8.28. The lowest BCUT2D eigenvalue weighted by Crippen LogP contribution is -2.61. The van der Waals surface area contributed by atoms with Crippen LogP contribution >= 0.6 is 0 Å². The number of anilines is 9. The normalized spacial score (nSPS) is 14.7. The third-order valence-corrected chi connectivity index (χ3v) is 15.6. The Labute approximate surface area is 425 Å². The lowest BCUT2D eigenvalue weighted by Gasteiger charge is -2.46. The van der Waals surface area contributed by atoms with Gasteiger partial charge in [-0.2, -0.15) is 0 Å². The van der Waals surface area contributed by atoms with Crippen LogP contribution in [0.5, 0.6) is 0 Å². The van der Waals surface area contributed by atoms with Crippen LogP contribution in [-0.4, -0.2) is 6.71 Å². The van der Waals surface area contributed by atoms with Gasteiger partial charge < -0.3 is 14.7 Å². The Morgan fingerprint density at radius 3 is 1.58 bits per heavy atom. The van der Waals surface area contributed by atoms with Crippen molar-refractivity contribution in [3.05, 3.63) is 203 Å². The minimum absolute atomic E-state index is 0.0124. The zero-order chi connectivity index (χ0) is 49.9. The fourth-order valence-corrected chi connectivity index (χ4v) is 11.7. The molecule has 0 saturated carbocycles. The van der Waals surface area contributed by atoms with Crippen LogP contribution in [0.2, 0.25) is 0 Å². The number of fused-ring (bicyclic) bond motifs is 5. The van der Waals surface area contributed by atoms with Gasteiger partial charge in [0.1, 0.15) is 0 Å². The molecule has 8 aromatic rings. The second kappa shape index (κ2) is 16.7. The molecule has 0 atom stereocenters. The van der Waals surface area contributed by atoms with Crippen molar-refractivity contribution in [2.24, 2.45) is 5.41 Å². The standard InChI is InChI=1S/C67H70BN3/c1-43-22-28-51(29-23-43)69(52-30-24-44(2)25-31-52)54-39-61-63-62(40-54)71(58-33-27-49(65(6,7)8)37-55(58)45-18-15-14-16-19-45)59-35-47-42-67(12,13)41-46(47)34-57(59)68(63)56-32-26-50(66(9,10)11)38-60(56)70(61)53-21-17-20-48(36-53)64(3,4)5/h14-40H,41-42H2,1-13H3. The van der Waals surface area contributed by atoms with Gasteiger partial charge in [0.25, 0.3) is 6.71 Å². The van der Waals surface area contributed by atoms with E-state index in [2.05, 4.69) is 269 Å². The van der Waals surface area contributed by atoms with Crippen molar-refractivity contribution in [2.45, 2.75) is 119 Å². The Kier molecular flexibility index (Phi) is 10.9. The Morgan fingerprint density at radius 2 is 0.972 bits per heavy atom. The van der Waals surface area contributed by atoms with E-state index >= 15 is 0 Å².